The van der Waals surface area contributed by atoms with Crippen molar-refractivity contribution in [1.29, 1.82) is 0 Å². The summed E-state index contributed by atoms with van der Waals surface area (Å²) >= 11 is 0. The molecule has 0 aliphatic heterocycles. The van der Waals surface area contributed by atoms with E-state index in [1.54, 1.807) is 30.3 Å². The number of primary amides is 1. The van der Waals surface area contributed by atoms with Crippen molar-refractivity contribution in [3.8, 4) is 0 Å². The van der Waals surface area contributed by atoms with Crippen LogP contribution >= 0.6 is 0 Å². The van der Waals surface area contributed by atoms with Crippen LogP contribution in [0, 0.1) is 0 Å². The minimum absolute atomic E-state index is 0.0163. The third kappa shape index (κ3) is 9.23. The van der Waals surface area contributed by atoms with Gasteiger partial charge in [0.05, 0.1) is 12.5 Å². The standard InChI is InChI=1S/C19H27N5O7/c1-10(25)16(21)19(31)24-13(8-14(20)26)18(30)23-12(17(29)22-9-15(27)28)7-11-5-3-2-4-6-11/h2-6,10,12-13,16,25H,7-9,21H2,1H3,(H2,20,26)(H,22,29)(H,23,30)(H,24,31)(H,27,28). The summed E-state index contributed by atoms with van der Waals surface area (Å²) < 4.78 is 0. The van der Waals surface area contributed by atoms with Crippen molar-refractivity contribution in [2.45, 2.75) is 44.0 Å². The summed E-state index contributed by atoms with van der Waals surface area (Å²) in [5, 5.41) is 25.0. The average molecular weight is 437 g/mol. The molecule has 0 spiro atoms. The first-order valence-electron chi connectivity index (χ1n) is 9.37. The third-order valence-electron chi connectivity index (χ3n) is 4.19. The van der Waals surface area contributed by atoms with Crippen LogP contribution in [0.3, 0.4) is 0 Å². The monoisotopic (exact) mass is 437 g/mol. The second-order valence-electron chi connectivity index (χ2n) is 6.86. The van der Waals surface area contributed by atoms with Crippen LogP contribution in [-0.2, 0) is 30.4 Å². The lowest BCUT2D eigenvalue weighted by Gasteiger charge is -2.24. The molecule has 170 valence electrons. The molecule has 0 aliphatic carbocycles. The topological polar surface area (TPSA) is 214 Å². The first-order chi connectivity index (χ1) is 14.5. The molecule has 31 heavy (non-hydrogen) atoms. The van der Waals surface area contributed by atoms with Gasteiger partial charge in [-0.3, -0.25) is 24.0 Å². The molecule has 0 fully saturated rings. The van der Waals surface area contributed by atoms with Gasteiger partial charge in [-0.05, 0) is 12.5 Å². The van der Waals surface area contributed by atoms with Crippen molar-refractivity contribution < 1.29 is 34.2 Å². The molecule has 0 aliphatic rings. The van der Waals surface area contributed by atoms with Gasteiger partial charge in [-0.2, -0.15) is 0 Å². The van der Waals surface area contributed by atoms with E-state index < -0.39 is 66.8 Å². The molecule has 9 N–H and O–H groups in total. The lowest BCUT2D eigenvalue weighted by molar-refractivity contribution is -0.138. The first kappa shape index (κ1) is 25.5. The van der Waals surface area contributed by atoms with Gasteiger partial charge in [-0.25, -0.2) is 0 Å². The minimum Gasteiger partial charge on any atom is -0.480 e. The number of aliphatic hydroxyl groups excluding tert-OH is 1. The van der Waals surface area contributed by atoms with E-state index in [0.717, 1.165) is 0 Å². The van der Waals surface area contributed by atoms with E-state index in [9.17, 15) is 29.1 Å². The Kier molecular flexibility index (Phi) is 10.1. The average Bonchev–Trinajstić information content (AvgIpc) is 2.70. The van der Waals surface area contributed by atoms with Gasteiger partial charge in [0.2, 0.25) is 23.6 Å². The molecule has 0 saturated heterocycles. The number of amides is 4. The molecule has 4 atom stereocenters. The van der Waals surface area contributed by atoms with E-state index in [4.69, 9.17) is 16.6 Å². The van der Waals surface area contributed by atoms with Gasteiger partial charge in [0.25, 0.3) is 0 Å². The maximum atomic E-state index is 12.7. The third-order valence-corrected chi connectivity index (χ3v) is 4.19. The molecule has 12 nitrogen and oxygen atoms in total. The second kappa shape index (κ2) is 12.2. The number of carbonyl (C=O) groups is 5. The zero-order valence-corrected chi connectivity index (χ0v) is 16.9. The molecule has 4 amide bonds. The lowest BCUT2D eigenvalue weighted by atomic mass is 10.0. The van der Waals surface area contributed by atoms with Crippen molar-refractivity contribution in [2.75, 3.05) is 6.54 Å². The van der Waals surface area contributed by atoms with Gasteiger partial charge in [-0.15, -0.1) is 0 Å². The molecule has 0 bridgehead atoms. The van der Waals surface area contributed by atoms with Crippen LogP contribution < -0.4 is 27.4 Å². The van der Waals surface area contributed by atoms with Crippen LogP contribution in [0.2, 0.25) is 0 Å². The van der Waals surface area contributed by atoms with Gasteiger partial charge in [0.1, 0.15) is 24.7 Å². The minimum atomic E-state index is -1.46. The normalized spacial score (nSPS) is 14.4. The van der Waals surface area contributed by atoms with E-state index in [1.807, 2.05) is 0 Å². The number of nitrogens with two attached hydrogens (primary N) is 2. The summed E-state index contributed by atoms with van der Waals surface area (Å²) in [5.74, 6) is -4.75. The zero-order valence-electron chi connectivity index (χ0n) is 16.9. The van der Waals surface area contributed by atoms with Gasteiger partial charge in [-0.1, -0.05) is 30.3 Å². The Morgan fingerprint density at radius 1 is 0.968 bits per heavy atom. The summed E-state index contributed by atoms with van der Waals surface area (Å²) in [5.41, 5.74) is 11.3. The van der Waals surface area contributed by atoms with E-state index in [-0.39, 0.29) is 6.42 Å². The molecule has 12 heteroatoms. The molecule has 4 unspecified atom stereocenters. The highest BCUT2D eigenvalue weighted by Gasteiger charge is 2.30. The van der Waals surface area contributed by atoms with Crippen molar-refractivity contribution in [3.63, 3.8) is 0 Å². The van der Waals surface area contributed by atoms with Crippen molar-refractivity contribution >= 4 is 29.6 Å². The molecule has 0 saturated carbocycles. The fourth-order valence-electron chi connectivity index (χ4n) is 2.51. The Morgan fingerprint density at radius 2 is 1.55 bits per heavy atom. The summed E-state index contributed by atoms with van der Waals surface area (Å²) in [4.78, 5) is 59.3. The molecule has 0 aromatic heterocycles. The van der Waals surface area contributed by atoms with E-state index in [1.165, 1.54) is 6.92 Å². The Hall–Kier alpha value is -3.51. The number of benzene rings is 1. The number of aliphatic hydroxyl groups is 1. The highest BCUT2D eigenvalue weighted by Crippen LogP contribution is 2.05. The van der Waals surface area contributed by atoms with Crippen molar-refractivity contribution in [1.82, 2.24) is 16.0 Å². The van der Waals surface area contributed by atoms with Crippen LogP contribution in [0.1, 0.15) is 18.9 Å². The van der Waals surface area contributed by atoms with Gasteiger partial charge in [0.15, 0.2) is 0 Å². The van der Waals surface area contributed by atoms with Crippen LogP contribution in [0.4, 0.5) is 0 Å². The Labute approximate surface area is 178 Å². The lowest BCUT2D eigenvalue weighted by Crippen LogP contribution is -2.58. The molecule has 0 radical (unpaired) electrons. The summed E-state index contributed by atoms with van der Waals surface area (Å²) in [6.45, 7) is 0.612. The Bertz CT molecular complexity index is 800. The highest BCUT2D eigenvalue weighted by atomic mass is 16.4. The number of aliphatic carboxylic acids is 1. The van der Waals surface area contributed by atoms with Gasteiger partial charge in [0, 0.05) is 6.42 Å². The molecule has 1 aromatic carbocycles. The quantitative estimate of drug-likeness (QED) is 0.178. The van der Waals surface area contributed by atoms with Crippen LogP contribution in [0.25, 0.3) is 0 Å². The molecule has 0 heterocycles. The van der Waals surface area contributed by atoms with E-state index >= 15 is 0 Å². The van der Waals surface area contributed by atoms with Crippen LogP contribution in [0.5, 0.6) is 0 Å². The Balaban J connectivity index is 3.00. The van der Waals surface area contributed by atoms with E-state index in [0.29, 0.717) is 5.56 Å². The van der Waals surface area contributed by atoms with Gasteiger partial charge >= 0.3 is 5.97 Å². The fourth-order valence-corrected chi connectivity index (χ4v) is 2.51. The van der Waals surface area contributed by atoms with Gasteiger partial charge < -0.3 is 37.6 Å². The molecule has 1 aromatic rings. The maximum Gasteiger partial charge on any atom is 0.322 e. The summed E-state index contributed by atoms with van der Waals surface area (Å²) in [7, 11) is 0. The van der Waals surface area contributed by atoms with Crippen molar-refractivity contribution in [2.24, 2.45) is 11.5 Å². The van der Waals surface area contributed by atoms with E-state index in [2.05, 4.69) is 16.0 Å². The Morgan fingerprint density at radius 3 is 2.06 bits per heavy atom. The van der Waals surface area contributed by atoms with Crippen LogP contribution in [0.15, 0.2) is 30.3 Å². The predicted octanol–water partition coefficient (Wildman–Crippen LogP) is -3.02. The predicted molar refractivity (Wildman–Crippen MR) is 108 cm³/mol. The largest absolute Gasteiger partial charge is 0.480 e. The highest BCUT2D eigenvalue weighted by molar-refractivity contribution is 5.96. The number of carbonyl (C=O) groups excluding carboxylic acids is 4. The molecular weight excluding hydrogens is 410 g/mol. The number of carboxylic acids is 1. The number of hydrogen-bond donors (Lipinski definition) is 7. The number of rotatable bonds is 12. The molecule has 1 rings (SSSR count). The number of carboxylic acid groups (broad SMARTS) is 1. The summed E-state index contributed by atoms with van der Waals surface area (Å²) in [6.07, 6.45) is -1.79. The first-order valence-corrected chi connectivity index (χ1v) is 9.37. The molecular formula is C19H27N5O7. The zero-order chi connectivity index (χ0) is 23.6. The smallest absolute Gasteiger partial charge is 0.322 e. The SMILES string of the molecule is CC(O)C(N)C(=O)NC(CC(N)=O)C(=O)NC(Cc1ccccc1)C(=O)NCC(=O)O. The fraction of sp³-hybridized carbons (Fsp3) is 0.421. The summed E-state index contributed by atoms with van der Waals surface area (Å²) in [6, 6.07) is 4.58. The maximum absolute atomic E-state index is 12.7. The second-order valence-corrected chi connectivity index (χ2v) is 6.86. The number of hydrogen-bond acceptors (Lipinski definition) is 7. The van der Waals surface area contributed by atoms with Crippen molar-refractivity contribution in [3.05, 3.63) is 35.9 Å². The van der Waals surface area contributed by atoms with Crippen LogP contribution in [-0.4, -0.2) is 70.6 Å². The number of nitrogens with one attached hydrogen (secondary N) is 3.